The Labute approximate surface area is 126 Å². The molecule has 0 saturated heterocycles. The summed E-state index contributed by atoms with van der Waals surface area (Å²) in [5.41, 5.74) is 2.46. The Kier molecular flexibility index (Phi) is 2.82. The van der Waals surface area contributed by atoms with Crippen LogP contribution < -0.4 is 5.56 Å². The second-order valence-corrected chi connectivity index (χ2v) is 5.13. The number of hydrogen-bond donors (Lipinski definition) is 0. The van der Waals surface area contributed by atoms with E-state index in [1.165, 1.54) is 0 Å². The molecule has 2 aromatic carbocycles. The van der Waals surface area contributed by atoms with Gasteiger partial charge in [-0.2, -0.15) is 0 Å². The number of hydrogen-bond acceptors (Lipinski definition) is 3. The topological polar surface area (TPSA) is 48.0 Å². The van der Waals surface area contributed by atoms with Crippen molar-refractivity contribution in [1.82, 2.24) is 9.55 Å². The molecule has 2 aromatic heterocycles. The largest absolute Gasteiger partial charge is 0.440 e. The number of aryl methyl sites for hydroxylation is 1. The lowest BCUT2D eigenvalue weighted by Gasteiger charge is -2.10. The van der Waals surface area contributed by atoms with Crippen molar-refractivity contribution in [3.63, 3.8) is 0 Å². The van der Waals surface area contributed by atoms with Crippen molar-refractivity contribution < 1.29 is 4.42 Å². The molecule has 0 aliphatic carbocycles. The van der Waals surface area contributed by atoms with E-state index in [-0.39, 0.29) is 5.56 Å². The molecule has 2 heterocycles. The van der Waals surface area contributed by atoms with Crippen molar-refractivity contribution >= 4 is 22.0 Å². The van der Waals surface area contributed by atoms with Gasteiger partial charge in [-0.15, -0.1) is 0 Å². The minimum atomic E-state index is -0.150. The van der Waals surface area contributed by atoms with Gasteiger partial charge in [0.05, 0.1) is 5.52 Å². The van der Waals surface area contributed by atoms with Crippen LogP contribution in [-0.2, 0) is 6.42 Å². The van der Waals surface area contributed by atoms with E-state index in [1.807, 2.05) is 61.5 Å². The number of oxazole rings is 1. The molecule has 22 heavy (non-hydrogen) atoms. The summed E-state index contributed by atoms with van der Waals surface area (Å²) in [4.78, 5) is 17.3. The number of rotatable bonds is 2. The van der Waals surface area contributed by atoms with Gasteiger partial charge in [-0.25, -0.2) is 4.98 Å². The van der Waals surface area contributed by atoms with Crippen LogP contribution in [0.4, 0.5) is 0 Å². The second-order valence-electron chi connectivity index (χ2n) is 5.13. The lowest BCUT2D eigenvalue weighted by Crippen LogP contribution is -2.19. The van der Waals surface area contributed by atoms with Gasteiger partial charge in [-0.3, -0.25) is 9.36 Å². The normalized spacial score (nSPS) is 11.3. The SMILES string of the molecule is CCc1nc2c(=O)n(-c3ccccc3)c3ccccc3c2o1. The maximum atomic E-state index is 12.9. The van der Waals surface area contributed by atoms with E-state index < -0.39 is 0 Å². The molecule has 0 saturated carbocycles. The number of nitrogens with zero attached hydrogens (tertiary/aromatic N) is 2. The molecule has 0 fully saturated rings. The van der Waals surface area contributed by atoms with Gasteiger partial charge in [0.25, 0.3) is 5.56 Å². The lowest BCUT2D eigenvalue weighted by molar-refractivity contribution is 0.540. The molecular formula is C18H14N2O2. The third-order valence-electron chi connectivity index (χ3n) is 3.78. The summed E-state index contributed by atoms with van der Waals surface area (Å²) in [5.74, 6) is 0.586. The summed E-state index contributed by atoms with van der Waals surface area (Å²) in [6.07, 6.45) is 0.660. The third kappa shape index (κ3) is 1.77. The van der Waals surface area contributed by atoms with Gasteiger partial charge < -0.3 is 4.42 Å². The van der Waals surface area contributed by atoms with E-state index in [0.717, 1.165) is 16.6 Å². The van der Waals surface area contributed by atoms with Gasteiger partial charge >= 0.3 is 0 Å². The molecule has 0 spiro atoms. The Morgan fingerprint density at radius 1 is 1.05 bits per heavy atom. The van der Waals surface area contributed by atoms with Crippen molar-refractivity contribution in [3.8, 4) is 5.69 Å². The van der Waals surface area contributed by atoms with Crippen LogP contribution in [0, 0.1) is 0 Å². The van der Waals surface area contributed by atoms with Crippen molar-refractivity contribution in [3.05, 3.63) is 70.8 Å². The fraction of sp³-hybridized carbons (Fsp3) is 0.111. The summed E-state index contributed by atoms with van der Waals surface area (Å²) in [6, 6.07) is 17.3. The van der Waals surface area contributed by atoms with E-state index in [0.29, 0.717) is 23.4 Å². The first-order valence-electron chi connectivity index (χ1n) is 7.28. The Bertz CT molecular complexity index is 1030. The van der Waals surface area contributed by atoms with E-state index in [4.69, 9.17) is 4.42 Å². The highest BCUT2D eigenvalue weighted by Gasteiger charge is 2.17. The zero-order valence-corrected chi connectivity index (χ0v) is 12.1. The van der Waals surface area contributed by atoms with Crippen molar-refractivity contribution in [2.75, 3.05) is 0 Å². The molecule has 4 rings (SSSR count). The van der Waals surface area contributed by atoms with Crippen LogP contribution in [0.15, 0.2) is 63.8 Å². The summed E-state index contributed by atoms with van der Waals surface area (Å²) in [5, 5.41) is 0.896. The molecule has 0 atom stereocenters. The molecule has 4 nitrogen and oxygen atoms in total. The van der Waals surface area contributed by atoms with Crippen LogP contribution in [0.2, 0.25) is 0 Å². The number of aromatic nitrogens is 2. The predicted molar refractivity (Wildman–Crippen MR) is 86.5 cm³/mol. The Hall–Kier alpha value is -2.88. The monoisotopic (exact) mass is 290 g/mol. The smallest absolute Gasteiger partial charge is 0.285 e. The zero-order valence-electron chi connectivity index (χ0n) is 12.1. The van der Waals surface area contributed by atoms with Crippen LogP contribution in [-0.4, -0.2) is 9.55 Å². The highest BCUT2D eigenvalue weighted by atomic mass is 16.3. The molecule has 0 radical (unpaired) electrons. The van der Waals surface area contributed by atoms with E-state index in [1.54, 1.807) is 4.57 Å². The summed E-state index contributed by atoms with van der Waals surface area (Å²) in [6.45, 7) is 1.96. The standard InChI is InChI=1S/C18H14N2O2/c1-2-15-19-16-17(22-15)13-10-6-7-11-14(13)20(18(16)21)12-8-4-3-5-9-12/h3-11H,2H2,1H3. The minimum absolute atomic E-state index is 0.150. The first-order chi connectivity index (χ1) is 10.8. The van der Waals surface area contributed by atoms with Crippen LogP contribution >= 0.6 is 0 Å². The fourth-order valence-electron chi connectivity index (χ4n) is 2.75. The van der Waals surface area contributed by atoms with Gasteiger partial charge in [0.1, 0.15) is 0 Å². The van der Waals surface area contributed by atoms with Gasteiger partial charge in [-0.1, -0.05) is 37.3 Å². The van der Waals surface area contributed by atoms with Crippen molar-refractivity contribution in [2.24, 2.45) is 0 Å². The molecule has 0 unspecified atom stereocenters. The van der Waals surface area contributed by atoms with E-state index in [9.17, 15) is 4.79 Å². The molecule has 4 heteroatoms. The number of benzene rings is 2. The fourth-order valence-corrected chi connectivity index (χ4v) is 2.75. The molecular weight excluding hydrogens is 276 g/mol. The predicted octanol–water partition coefficient (Wildman–Crippen LogP) is 3.69. The average molecular weight is 290 g/mol. The first-order valence-corrected chi connectivity index (χ1v) is 7.28. The second kappa shape index (κ2) is 4.84. The number of para-hydroxylation sites is 2. The van der Waals surface area contributed by atoms with Crippen LogP contribution in [0.5, 0.6) is 0 Å². The summed E-state index contributed by atoms with van der Waals surface area (Å²) < 4.78 is 7.47. The highest BCUT2D eigenvalue weighted by Crippen LogP contribution is 2.25. The average Bonchev–Trinajstić information content (AvgIpc) is 3.01. The highest BCUT2D eigenvalue weighted by molar-refractivity contribution is 6.01. The Morgan fingerprint density at radius 3 is 2.55 bits per heavy atom. The Balaban J connectivity index is 2.23. The van der Waals surface area contributed by atoms with Gasteiger partial charge in [0.2, 0.25) is 0 Å². The third-order valence-corrected chi connectivity index (χ3v) is 3.78. The quantitative estimate of drug-likeness (QED) is 0.565. The molecule has 0 bridgehead atoms. The molecule has 0 aliphatic heterocycles. The maximum Gasteiger partial charge on any atom is 0.285 e. The van der Waals surface area contributed by atoms with E-state index in [2.05, 4.69) is 4.98 Å². The molecule has 0 aliphatic rings. The van der Waals surface area contributed by atoms with Gasteiger partial charge in [0, 0.05) is 17.5 Å². The summed E-state index contributed by atoms with van der Waals surface area (Å²) >= 11 is 0. The van der Waals surface area contributed by atoms with Crippen LogP contribution in [0.25, 0.3) is 27.7 Å². The van der Waals surface area contributed by atoms with Crippen LogP contribution in [0.3, 0.4) is 0 Å². The number of pyridine rings is 1. The van der Waals surface area contributed by atoms with Gasteiger partial charge in [-0.05, 0) is 24.3 Å². The molecule has 4 aromatic rings. The van der Waals surface area contributed by atoms with Gasteiger partial charge in [0.15, 0.2) is 17.0 Å². The zero-order chi connectivity index (χ0) is 15.1. The molecule has 0 N–H and O–H groups in total. The van der Waals surface area contributed by atoms with E-state index >= 15 is 0 Å². The minimum Gasteiger partial charge on any atom is -0.440 e. The maximum absolute atomic E-state index is 12.9. The molecule has 108 valence electrons. The van der Waals surface area contributed by atoms with Crippen molar-refractivity contribution in [1.29, 1.82) is 0 Å². The lowest BCUT2D eigenvalue weighted by atomic mass is 10.2. The molecule has 0 amide bonds. The first kappa shape index (κ1) is 12.8. The number of fused-ring (bicyclic) bond motifs is 3. The van der Waals surface area contributed by atoms with Crippen molar-refractivity contribution in [2.45, 2.75) is 13.3 Å². The Morgan fingerprint density at radius 2 is 1.77 bits per heavy atom. The summed E-state index contributed by atoms with van der Waals surface area (Å²) in [7, 11) is 0. The van der Waals surface area contributed by atoms with Crippen LogP contribution in [0.1, 0.15) is 12.8 Å².